The minimum Gasteiger partial charge on any atom is -0.460 e. The van der Waals surface area contributed by atoms with E-state index >= 15 is 0 Å². The van der Waals surface area contributed by atoms with Gasteiger partial charge in [-0.1, -0.05) is 12.2 Å². The van der Waals surface area contributed by atoms with Gasteiger partial charge in [-0.25, -0.2) is 0 Å². The van der Waals surface area contributed by atoms with Crippen LogP contribution in [0.15, 0.2) is 12.2 Å². The van der Waals surface area contributed by atoms with Crippen LogP contribution in [0.1, 0.15) is 92.9 Å². The van der Waals surface area contributed by atoms with E-state index in [9.17, 15) is 9.59 Å². The average Bonchev–Trinajstić information content (AvgIpc) is 3.13. The Morgan fingerprint density at radius 1 is 0.889 bits per heavy atom. The van der Waals surface area contributed by atoms with E-state index in [2.05, 4.69) is 6.58 Å². The second-order valence-electron chi connectivity index (χ2n) is 10.9. The number of esters is 2. The summed E-state index contributed by atoms with van der Waals surface area (Å²) in [5.74, 6) is 1.01. The summed E-state index contributed by atoms with van der Waals surface area (Å²) in [5.41, 5.74) is 1.29. The standard InChI is InChI=1S/C12H20O2.C11H18O2/c1-11(2,3)14-10(13)6-9-7-12(8-9)4-5-12;1-8-5-9(6-8)7-10(12)13-11(2,3)4/h9H,4-8H2,1-3H3;9H,1,5-7H2,2-4H3. The molecule has 0 heterocycles. The predicted molar refractivity (Wildman–Crippen MR) is 107 cm³/mol. The molecule has 0 aliphatic heterocycles. The highest BCUT2D eigenvalue weighted by atomic mass is 16.6. The molecule has 0 unspecified atom stereocenters. The number of carbonyl (C=O) groups is 2. The SMILES string of the molecule is C=C1CC(CC(=O)OC(C)(C)C)C1.CC(C)(C)OC(=O)CC1CC2(CC2)C1. The Morgan fingerprint density at radius 3 is 1.63 bits per heavy atom. The molecular weight excluding hydrogens is 340 g/mol. The summed E-state index contributed by atoms with van der Waals surface area (Å²) >= 11 is 0. The first-order valence-electron chi connectivity index (χ1n) is 10.4. The third-order valence-corrected chi connectivity index (χ3v) is 5.31. The number of hydrogen-bond donors (Lipinski definition) is 0. The van der Waals surface area contributed by atoms with Crippen molar-refractivity contribution in [2.45, 2.75) is 104 Å². The summed E-state index contributed by atoms with van der Waals surface area (Å²) < 4.78 is 10.5. The van der Waals surface area contributed by atoms with Crippen LogP contribution in [-0.4, -0.2) is 23.1 Å². The van der Waals surface area contributed by atoms with Gasteiger partial charge in [0.1, 0.15) is 11.2 Å². The first-order valence-corrected chi connectivity index (χ1v) is 10.4. The molecule has 0 N–H and O–H groups in total. The third kappa shape index (κ3) is 8.06. The van der Waals surface area contributed by atoms with E-state index in [1.807, 2.05) is 41.5 Å². The molecule has 3 aliphatic carbocycles. The zero-order chi connectivity index (χ0) is 20.5. The van der Waals surface area contributed by atoms with Gasteiger partial charge < -0.3 is 9.47 Å². The molecule has 27 heavy (non-hydrogen) atoms. The molecule has 4 nitrogen and oxygen atoms in total. The predicted octanol–water partition coefficient (Wildman–Crippen LogP) is 5.59. The lowest BCUT2D eigenvalue weighted by molar-refractivity contribution is -0.158. The Kier molecular flexibility index (Phi) is 6.48. The summed E-state index contributed by atoms with van der Waals surface area (Å²) in [7, 11) is 0. The Bertz CT molecular complexity index is 556. The van der Waals surface area contributed by atoms with Gasteiger partial charge in [-0.15, -0.1) is 0 Å². The van der Waals surface area contributed by atoms with Crippen LogP contribution in [0, 0.1) is 17.3 Å². The summed E-state index contributed by atoms with van der Waals surface area (Å²) in [6.07, 6.45) is 8.53. The molecule has 0 aromatic carbocycles. The first kappa shape index (κ1) is 22.0. The molecule has 0 aromatic heterocycles. The van der Waals surface area contributed by atoms with E-state index in [-0.39, 0.29) is 23.1 Å². The smallest absolute Gasteiger partial charge is 0.306 e. The summed E-state index contributed by atoms with van der Waals surface area (Å²) in [6, 6.07) is 0. The molecule has 0 atom stereocenters. The Balaban J connectivity index is 0.000000194. The van der Waals surface area contributed by atoms with Gasteiger partial charge >= 0.3 is 11.9 Å². The maximum atomic E-state index is 11.5. The fourth-order valence-electron chi connectivity index (χ4n) is 4.03. The average molecular weight is 379 g/mol. The van der Waals surface area contributed by atoms with Crippen molar-refractivity contribution in [3.05, 3.63) is 12.2 Å². The zero-order valence-corrected chi connectivity index (χ0v) is 18.2. The van der Waals surface area contributed by atoms with Crippen molar-refractivity contribution < 1.29 is 19.1 Å². The van der Waals surface area contributed by atoms with Gasteiger partial charge in [0.25, 0.3) is 0 Å². The third-order valence-electron chi connectivity index (χ3n) is 5.31. The van der Waals surface area contributed by atoms with E-state index < -0.39 is 0 Å². The molecule has 154 valence electrons. The molecule has 3 aliphatic rings. The topological polar surface area (TPSA) is 52.6 Å². The minimum absolute atomic E-state index is 0.0157. The first-order chi connectivity index (χ1) is 12.3. The van der Waals surface area contributed by atoms with Crippen LogP contribution >= 0.6 is 0 Å². The van der Waals surface area contributed by atoms with Crippen molar-refractivity contribution in [1.82, 2.24) is 0 Å². The van der Waals surface area contributed by atoms with E-state index in [1.165, 1.54) is 31.3 Å². The summed E-state index contributed by atoms with van der Waals surface area (Å²) in [5, 5.41) is 0. The second kappa shape index (κ2) is 7.97. The van der Waals surface area contributed by atoms with Crippen LogP contribution in [0.5, 0.6) is 0 Å². The van der Waals surface area contributed by atoms with E-state index in [0.717, 1.165) is 12.8 Å². The highest BCUT2D eigenvalue weighted by Crippen LogP contribution is 2.64. The highest BCUT2D eigenvalue weighted by Gasteiger charge is 2.53. The maximum absolute atomic E-state index is 11.5. The van der Waals surface area contributed by atoms with Gasteiger partial charge in [-0.2, -0.15) is 0 Å². The summed E-state index contributed by atoms with van der Waals surface area (Å²) in [4.78, 5) is 22.8. The van der Waals surface area contributed by atoms with Crippen molar-refractivity contribution in [3.63, 3.8) is 0 Å². The van der Waals surface area contributed by atoms with Crippen LogP contribution < -0.4 is 0 Å². The number of allylic oxidation sites excluding steroid dienone is 1. The second-order valence-corrected chi connectivity index (χ2v) is 10.9. The largest absolute Gasteiger partial charge is 0.460 e. The van der Waals surface area contributed by atoms with E-state index in [4.69, 9.17) is 9.47 Å². The quantitative estimate of drug-likeness (QED) is 0.472. The molecule has 1 spiro atoms. The molecule has 3 saturated carbocycles. The number of hydrogen-bond acceptors (Lipinski definition) is 4. The van der Waals surface area contributed by atoms with Gasteiger partial charge in [0.15, 0.2) is 0 Å². The Hall–Kier alpha value is -1.32. The summed E-state index contributed by atoms with van der Waals surface area (Å²) in [6.45, 7) is 15.3. The van der Waals surface area contributed by atoms with Crippen molar-refractivity contribution in [2.24, 2.45) is 17.3 Å². The van der Waals surface area contributed by atoms with Gasteiger partial charge in [0.2, 0.25) is 0 Å². The fraction of sp³-hybridized carbons (Fsp3) is 0.826. The van der Waals surface area contributed by atoms with Crippen LogP contribution in [-0.2, 0) is 19.1 Å². The molecule has 3 rings (SSSR count). The lowest BCUT2D eigenvalue weighted by atomic mass is 9.70. The molecule has 3 fully saturated rings. The molecule has 0 bridgehead atoms. The van der Waals surface area contributed by atoms with Crippen LogP contribution in [0.2, 0.25) is 0 Å². The number of ether oxygens (including phenoxy) is 2. The van der Waals surface area contributed by atoms with Gasteiger partial charge in [0, 0.05) is 12.8 Å². The lowest BCUT2D eigenvalue weighted by Gasteiger charge is -2.35. The zero-order valence-electron chi connectivity index (χ0n) is 18.2. The van der Waals surface area contributed by atoms with Gasteiger partial charge in [0.05, 0.1) is 0 Å². The van der Waals surface area contributed by atoms with Crippen LogP contribution in [0.25, 0.3) is 0 Å². The minimum atomic E-state index is -0.349. The molecule has 4 heteroatoms. The highest BCUT2D eigenvalue weighted by molar-refractivity contribution is 5.70. The normalized spacial score (nSPS) is 21.5. The lowest BCUT2D eigenvalue weighted by Crippen LogP contribution is -2.30. The maximum Gasteiger partial charge on any atom is 0.306 e. The van der Waals surface area contributed by atoms with E-state index in [1.54, 1.807) is 0 Å². The fourth-order valence-corrected chi connectivity index (χ4v) is 4.03. The van der Waals surface area contributed by atoms with Gasteiger partial charge in [-0.05, 0) is 97.3 Å². The molecule has 0 radical (unpaired) electrons. The molecular formula is C23H38O4. The van der Waals surface area contributed by atoms with Gasteiger partial charge in [-0.3, -0.25) is 9.59 Å². The van der Waals surface area contributed by atoms with Crippen molar-refractivity contribution >= 4 is 11.9 Å². The van der Waals surface area contributed by atoms with Crippen molar-refractivity contribution in [3.8, 4) is 0 Å². The van der Waals surface area contributed by atoms with Crippen molar-refractivity contribution in [1.29, 1.82) is 0 Å². The molecule has 0 amide bonds. The Labute approximate surface area is 165 Å². The van der Waals surface area contributed by atoms with Crippen LogP contribution in [0.4, 0.5) is 0 Å². The molecule has 0 aromatic rings. The van der Waals surface area contributed by atoms with E-state index in [0.29, 0.717) is 30.1 Å². The van der Waals surface area contributed by atoms with Crippen LogP contribution in [0.3, 0.4) is 0 Å². The monoisotopic (exact) mass is 378 g/mol. The molecule has 0 saturated heterocycles. The Morgan fingerprint density at radius 2 is 1.30 bits per heavy atom. The number of rotatable bonds is 4. The van der Waals surface area contributed by atoms with Crippen molar-refractivity contribution in [2.75, 3.05) is 0 Å². The number of carbonyl (C=O) groups excluding carboxylic acids is 2.